The van der Waals surface area contributed by atoms with Crippen LogP contribution in [0.2, 0.25) is 0 Å². The van der Waals surface area contributed by atoms with Crippen molar-refractivity contribution in [2.45, 2.75) is 25.6 Å². The van der Waals surface area contributed by atoms with Gasteiger partial charge in [-0.05, 0) is 29.7 Å². The molecule has 1 aliphatic rings. The minimum Gasteiger partial charge on any atom is -0.408 e. The molecule has 7 nitrogen and oxygen atoms in total. The van der Waals surface area contributed by atoms with Crippen LogP contribution in [0.3, 0.4) is 0 Å². The fraction of sp³-hybridized carbons (Fsp3) is 0.250. The number of nitrogens with zero attached hydrogens (tertiary/aromatic N) is 4. The molecule has 3 heterocycles. The van der Waals surface area contributed by atoms with E-state index in [4.69, 9.17) is 9.15 Å². The molecule has 0 radical (unpaired) electrons. The Labute approximate surface area is 154 Å². The molecular formula is C20H18N4O3. The molecule has 0 bridgehead atoms. The van der Waals surface area contributed by atoms with Crippen molar-refractivity contribution in [3.8, 4) is 0 Å². The second kappa shape index (κ2) is 6.51. The molecule has 7 heteroatoms. The first-order valence-corrected chi connectivity index (χ1v) is 8.95. The summed E-state index contributed by atoms with van der Waals surface area (Å²) in [6, 6.07) is 15.7. The lowest BCUT2D eigenvalue weighted by Crippen LogP contribution is -2.20. The van der Waals surface area contributed by atoms with Crippen LogP contribution in [0.15, 0.2) is 63.9 Å². The van der Waals surface area contributed by atoms with Gasteiger partial charge in [-0.3, -0.25) is 4.57 Å². The van der Waals surface area contributed by atoms with E-state index in [-0.39, 0.29) is 6.10 Å². The Morgan fingerprint density at radius 1 is 1.11 bits per heavy atom. The smallest absolute Gasteiger partial charge is 0.408 e. The Hall–Kier alpha value is -3.19. The predicted octanol–water partition coefficient (Wildman–Crippen LogP) is 2.55. The van der Waals surface area contributed by atoms with Gasteiger partial charge in [-0.15, -0.1) is 5.10 Å². The summed E-state index contributed by atoms with van der Waals surface area (Å²) in [6.45, 7) is 1.61. The molecule has 1 aliphatic heterocycles. The van der Waals surface area contributed by atoms with Gasteiger partial charge in [0.1, 0.15) is 11.8 Å². The SMILES string of the molecule is O=c1oc2ccccc2n1Cc1cn(C[C@@H]2OCCc3ccccc32)nn1. The Morgan fingerprint density at radius 3 is 2.93 bits per heavy atom. The molecule has 0 fully saturated rings. The van der Waals surface area contributed by atoms with Crippen LogP contribution >= 0.6 is 0 Å². The summed E-state index contributed by atoms with van der Waals surface area (Å²) in [7, 11) is 0. The highest BCUT2D eigenvalue weighted by atomic mass is 16.5. The van der Waals surface area contributed by atoms with Crippen LogP contribution in [0.25, 0.3) is 11.1 Å². The van der Waals surface area contributed by atoms with Crippen molar-refractivity contribution in [3.63, 3.8) is 0 Å². The maximum atomic E-state index is 12.1. The molecule has 27 heavy (non-hydrogen) atoms. The molecule has 4 aromatic rings. The molecule has 5 rings (SSSR count). The number of benzene rings is 2. The van der Waals surface area contributed by atoms with E-state index in [0.29, 0.717) is 31.0 Å². The third-order valence-corrected chi connectivity index (χ3v) is 4.93. The van der Waals surface area contributed by atoms with Crippen LogP contribution in [0.5, 0.6) is 0 Å². The largest absolute Gasteiger partial charge is 0.420 e. The number of aromatic nitrogens is 4. The van der Waals surface area contributed by atoms with Crippen molar-refractivity contribution in [1.82, 2.24) is 19.6 Å². The van der Waals surface area contributed by atoms with E-state index in [2.05, 4.69) is 28.5 Å². The molecule has 0 amide bonds. The van der Waals surface area contributed by atoms with E-state index in [9.17, 15) is 4.79 Å². The number of oxazole rings is 1. The molecule has 0 N–H and O–H groups in total. The predicted molar refractivity (Wildman–Crippen MR) is 98.4 cm³/mol. The van der Waals surface area contributed by atoms with Gasteiger partial charge in [-0.1, -0.05) is 41.6 Å². The summed E-state index contributed by atoms with van der Waals surface area (Å²) in [6.07, 6.45) is 2.75. The zero-order chi connectivity index (χ0) is 18.2. The highest BCUT2D eigenvalue weighted by molar-refractivity contribution is 5.72. The van der Waals surface area contributed by atoms with E-state index >= 15 is 0 Å². The summed E-state index contributed by atoms with van der Waals surface area (Å²) in [5, 5.41) is 8.43. The van der Waals surface area contributed by atoms with Gasteiger partial charge in [0.25, 0.3) is 0 Å². The number of hydrogen-bond donors (Lipinski definition) is 0. The summed E-state index contributed by atoms with van der Waals surface area (Å²) < 4.78 is 14.6. The fourth-order valence-electron chi connectivity index (χ4n) is 3.62. The molecular weight excluding hydrogens is 344 g/mol. The summed E-state index contributed by atoms with van der Waals surface area (Å²) in [4.78, 5) is 12.1. The van der Waals surface area contributed by atoms with Crippen molar-refractivity contribution in [2.75, 3.05) is 6.61 Å². The summed E-state index contributed by atoms with van der Waals surface area (Å²) >= 11 is 0. The standard InChI is InChI=1S/C20H18N4O3/c25-20-24(17-7-3-4-8-18(17)27-20)12-15-11-23(22-21-15)13-19-16-6-2-1-5-14(16)9-10-26-19/h1-8,11,19H,9-10,12-13H2/t19-/m0/s1. The van der Waals surface area contributed by atoms with Gasteiger partial charge >= 0.3 is 5.76 Å². The first kappa shape index (κ1) is 16.0. The number of ether oxygens (including phenoxy) is 1. The van der Waals surface area contributed by atoms with E-state index in [1.54, 1.807) is 15.3 Å². The van der Waals surface area contributed by atoms with Crippen molar-refractivity contribution in [2.24, 2.45) is 0 Å². The number of hydrogen-bond acceptors (Lipinski definition) is 5. The first-order chi connectivity index (χ1) is 13.3. The van der Waals surface area contributed by atoms with E-state index in [1.807, 2.05) is 30.5 Å². The zero-order valence-corrected chi connectivity index (χ0v) is 14.6. The molecule has 0 saturated carbocycles. The monoisotopic (exact) mass is 362 g/mol. The van der Waals surface area contributed by atoms with Crippen LogP contribution in [0.4, 0.5) is 0 Å². The lowest BCUT2D eigenvalue weighted by Gasteiger charge is -2.25. The molecule has 0 unspecified atom stereocenters. The molecule has 2 aromatic heterocycles. The molecule has 136 valence electrons. The lowest BCUT2D eigenvalue weighted by molar-refractivity contribution is 0.0279. The second-order valence-electron chi connectivity index (χ2n) is 6.66. The highest BCUT2D eigenvalue weighted by Crippen LogP contribution is 2.28. The van der Waals surface area contributed by atoms with Gasteiger partial charge in [0, 0.05) is 0 Å². The van der Waals surface area contributed by atoms with Crippen LogP contribution in [0, 0.1) is 0 Å². The average molecular weight is 362 g/mol. The Kier molecular flexibility index (Phi) is 3.86. The molecule has 0 aliphatic carbocycles. The van der Waals surface area contributed by atoms with Crippen LogP contribution < -0.4 is 5.76 Å². The average Bonchev–Trinajstić information content (AvgIpc) is 3.27. The van der Waals surface area contributed by atoms with Gasteiger partial charge in [0.2, 0.25) is 0 Å². The third kappa shape index (κ3) is 2.96. The quantitative estimate of drug-likeness (QED) is 0.558. The Balaban J connectivity index is 1.38. The molecule has 1 atom stereocenters. The van der Waals surface area contributed by atoms with Crippen LogP contribution in [0.1, 0.15) is 22.9 Å². The van der Waals surface area contributed by atoms with Crippen molar-refractivity contribution >= 4 is 11.1 Å². The third-order valence-electron chi connectivity index (χ3n) is 4.93. The van der Waals surface area contributed by atoms with Gasteiger partial charge in [0.05, 0.1) is 31.4 Å². The first-order valence-electron chi connectivity index (χ1n) is 8.95. The Bertz CT molecular complexity index is 1160. The van der Waals surface area contributed by atoms with E-state index < -0.39 is 5.76 Å². The minimum absolute atomic E-state index is 0.0398. The number of fused-ring (bicyclic) bond motifs is 2. The lowest BCUT2D eigenvalue weighted by atomic mass is 9.98. The van der Waals surface area contributed by atoms with Crippen LogP contribution in [-0.2, 0) is 24.2 Å². The number of para-hydroxylation sites is 2. The zero-order valence-electron chi connectivity index (χ0n) is 14.6. The highest BCUT2D eigenvalue weighted by Gasteiger charge is 2.21. The van der Waals surface area contributed by atoms with Crippen molar-refractivity contribution in [3.05, 3.63) is 82.1 Å². The Morgan fingerprint density at radius 2 is 1.96 bits per heavy atom. The molecule has 0 saturated heterocycles. The fourth-order valence-corrected chi connectivity index (χ4v) is 3.62. The summed E-state index contributed by atoms with van der Waals surface area (Å²) in [5.74, 6) is -0.393. The van der Waals surface area contributed by atoms with Gasteiger partial charge in [-0.25, -0.2) is 9.48 Å². The van der Waals surface area contributed by atoms with Gasteiger partial charge < -0.3 is 9.15 Å². The van der Waals surface area contributed by atoms with Gasteiger partial charge in [0.15, 0.2) is 5.58 Å². The van der Waals surface area contributed by atoms with Crippen molar-refractivity contribution in [1.29, 1.82) is 0 Å². The normalized spacial score (nSPS) is 16.5. The van der Waals surface area contributed by atoms with Crippen LogP contribution in [-0.4, -0.2) is 26.2 Å². The van der Waals surface area contributed by atoms with Gasteiger partial charge in [-0.2, -0.15) is 0 Å². The summed E-state index contributed by atoms with van der Waals surface area (Å²) in [5.41, 5.74) is 4.56. The molecule has 2 aromatic carbocycles. The second-order valence-corrected chi connectivity index (χ2v) is 6.66. The maximum Gasteiger partial charge on any atom is 0.420 e. The molecule has 0 spiro atoms. The topological polar surface area (TPSA) is 75.1 Å². The van der Waals surface area contributed by atoms with E-state index in [1.165, 1.54) is 11.1 Å². The van der Waals surface area contributed by atoms with Crippen molar-refractivity contribution < 1.29 is 9.15 Å². The maximum absolute atomic E-state index is 12.1. The van der Waals surface area contributed by atoms with E-state index in [0.717, 1.165) is 11.9 Å². The number of rotatable bonds is 4. The minimum atomic E-state index is -0.393.